The van der Waals surface area contributed by atoms with E-state index in [1.165, 1.54) is 0 Å². The second-order valence-corrected chi connectivity index (χ2v) is 13.0. The van der Waals surface area contributed by atoms with Gasteiger partial charge in [-0.1, -0.05) is 35.9 Å². The number of halogens is 1. The van der Waals surface area contributed by atoms with E-state index in [2.05, 4.69) is 27.2 Å². The predicted octanol–water partition coefficient (Wildman–Crippen LogP) is 5.26. The summed E-state index contributed by atoms with van der Waals surface area (Å²) < 4.78 is 10.8. The Labute approximate surface area is 254 Å². The molecule has 2 spiro atoms. The average Bonchev–Trinajstić information content (AvgIpc) is 3.64. The van der Waals surface area contributed by atoms with Crippen LogP contribution in [0.15, 0.2) is 72.3 Å². The number of carbonyl (C=O) groups is 2. The number of anilines is 1. The van der Waals surface area contributed by atoms with Crippen LogP contribution in [0.5, 0.6) is 11.5 Å². The Hall–Kier alpha value is -3.30. The monoisotopic (exact) mass is 601 g/mol. The number of Topliss-reactive ketones (excluding diaryl/α,β-unsaturated/α-hetero) is 1. The van der Waals surface area contributed by atoms with Gasteiger partial charge in [-0.3, -0.25) is 14.5 Å². The second-order valence-electron chi connectivity index (χ2n) is 11.6. The first kappa shape index (κ1) is 27.5. The van der Waals surface area contributed by atoms with Crippen molar-refractivity contribution in [1.82, 2.24) is 9.80 Å². The number of nitrogens with one attached hydrogen (secondary N) is 1. The van der Waals surface area contributed by atoms with Crippen LogP contribution in [0.25, 0.3) is 6.08 Å². The van der Waals surface area contributed by atoms with Crippen molar-refractivity contribution < 1.29 is 19.1 Å². The normalized spacial score (nSPS) is 29.8. The zero-order chi connectivity index (χ0) is 29.2. The van der Waals surface area contributed by atoms with Crippen molar-refractivity contribution in [3.8, 4) is 11.5 Å². The molecule has 3 aromatic carbocycles. The van der Waals surface area contributed by atoms with Crippen molar-refractivity contribution in [3.63, 3.8) is 0 Å². The van der Waals surface area contributed by atoms with Gasteiger partial charge in [-0.05, 0) is 66.7 Å². The number of hydrogen-bond acceptors (Lipinski definition) is 7. The molecule has 1 amide bonds. The first-order valence-electron chi connectivity index (χ1n) is 14.0. The van der Waals surface area contributed by atoms with Crippen LogP contribution in [0.4, 0.5) is 5.69 Å². The number of piperidine rings is 1. The number of methoxy groups -OCH3 is 2. The van der Waals surface area contributed by atoms with Gasteiger partial charge in [0.15, 0.2) is 5.78 Å². The zero-order valence-corrected chi connectivity index (χ0v) is 25.3. The van der Waals surface area contributed by atoms with Crippen LogP contribution in [0.3, 0.4) is 0 Å². The van der Waals surface area contributed by atoms with E-state index in [-0.39, 0.29) is 23.7 Å². The average molecular weight is 602 g/mol. The van der Waals surface area contributed by atoms with E-state index in [1.54, 1.807) is 20.3 Å². The molecular weight excluding hydrogens is 570 g/mol. The first-order chi connectivity index (χ1) is 20.3. The van der Waals surface area contributed by atoms with Gasteiger partial charge in [-0.2, -0.15) is 0 Å². The van der Waals surface area contributed by atoms with E-state index < -0.39 is 11.0 Å². The van der Waals surface area contributed by atoms with E-state index in [0.717, 1.165) is 39.6 Å². The summed E-state index contributed by atoms with van der Waals surface area (Å²) in [5.74, 6) is 2.58. The second kappa shape index (κ2) is 10.2. The summed E-state index contributed by atoms with van der Waals surface area (Å²) in [6, 6.07) is 21.2. The number of ketones is 1. The molecule has 0 saturated carbocycles. The number of rotatable bonds is 4. The number of likely N-dealkylation sites (N-methyl/N-ethyl adjacent to an activating group) is 1. The van der Waals surface area contributed by atoms with Crippen molar-refractivity contribution >= 4 is 46.8 Å². The molecule has 0 aromatic heterocycles. The Morgan fingerprint density at radius 3 is 2.38 bits per heavy atom. The van der Waals surface area contributed by atoms with Crippen LogP contribution >= 0.6 is 23.4 Å². The summed E-state index contributed by atoms with van der Waals surface area (Å²) >= 11 is 8.43. The lowest BCUT2D eigenvalue weighted by Gasteiger charge is -2.51. The number of thioether (sulfide) groups is 1. The van der Waals surface area contributed by atoms with Crippen LogP contribution in [0, 0.1) is 5.41 Å². The number of nitrogens with zero attached hydrogens (tertiary/aromatic N) is 2. The summed E-state index contributed by atoms with van der Waals surface area (Å²) in [5, 5.41) is 3.72. The minimum atomic E-state index is -1.23. The van der Waals surface area contributed by atoms with E-state index in [4.69, 9.17) is 21.1 Å². The highest BCUT2D eigenvalue weighted by Gasteiger charge is 2.78. The molecule has 3 saturated heterocycles. The van der Waals surface area contributed by atoms with E-state index >= 15 is 4.79 Å². The Morgan fingerprint density at radius 2 is 1.69 bits per heavy atom. The van der Waals surface area contributed by atoms with Gasteiger partial charge in [0.2, 0.25) is 0 Å². The molecule has 3 aromatic rings. The quantitative estimate of drug-likeness (QED) is 0.409. The Kier molecular flexibility index (Phi) is 6.66. The molecule has 0 radical (unpaired) electrons. The van der Waals surface area contributed by atoms with E-state index in [0.29, 0.717) is 29.6 Å². The van der Waals surface area contributed by atoms with Gasteiger partial charge in [-0.25, -0.2) is 0 Å². The van der Waals surface area contributed by atoms with Gasteiger partial charge in [-0.15, -0.1) is 11.8 Å². The summed E-state index contributed by atoms with van der Waals surface area (Å²) in [5.41, 5.74) is 1.79. The number of benzene rings is 3. The standard InChI is InChI=1S/C33H32ClN3O4S/c1-36-16-22(14-20-4-9-24(40-2)10-5-20)30(38)32(18-36)29(21-6-11-25(41-3)12-7-21)28-17-42-19-37(28)33(32)26-15-23(34)8-13-27(26)35-31(33)39/h4-15,28-29H,16-19H2,1-3H3,(H,35,39)/b22-14+/t28-,29-,32-,33-/m0/s1. The summed E-state index contributed by atoms with van der Waals surface area (Å²) in [6.07, 6.45) is 1.97. The van der Waals surface area contributed by atoms with Crippen LogP contribution < -0.4 is 14.8 Å². The third kappa shape index (κ3) is 3.75. The lowest BCUT2D eigenvalue weighted by atomic mass is 9.55. The summed E-state index contributed by atoms with van der Waals surface area (Å²) in [7, 11) is 5.32. The predicted molar refractivity (Wildman–Crippen MR) is 166 cm³/mol. The maximum atomic E-state index is 15.4. The highest BCUT2D eigenvalue weighted by molar-refractivity contribution is 7.99. The van der Waals surface area contributed by atoms with Crippen LogP contribution in [-0.4, -0.2) is 73.5 Å². The minimum absolute atomic E-state index is 0.0135. The molecule has 0 bridgehead atoms. The van der Waals surface area contributed by atoms with Gasteiger partial charge in [0.25, 0.3) is 5.91 Å². The Bertz CT molecular complexity index is 1610. The van der Waals surface area contributed by atoms with Crippen molar-refractivity contribution in [1.29, 1.82) is 0 Å². The summed E-state index contributed by atoms with van der Waals surface area (Å²) in [6.45, 7) is 0.918. The molecule has 216 valence electrons. The molecule has 0 aliphatic carbocycles. The Morgan fingerprint density at radius 1 is 1.00 bits per heavy atom. The number of hydrogen-bond donors (Lipinski definition) is 1. The van der Waals surface area contributed by atoms with E-state index in [1.807, 2.05) is 73.4 Å². The maximum Gasteiger partial charge on any atom is 0.250 e. The van der Waals surface area contributed by atoms with Crippen LogP contribution in [-0.2, 0) is 15.1 Å². The van der Waals surface area contributed by atoms with Gasteiger partial charge in [0.05, 0.1) is 19.6 Å². The third-order valence-corrected chi connectivity index (χ3v) is 10.7. The number of likely N-dealkylation sites (tertiary alicyclic amines) is 1. The zero-order valence-electron chi connectivity index (χ0n) is 23.7. The fraction of sp³-hybridized carbons (Fsp3) is 0.333. The first-order valence-corrected chi connectivity index (χ1v) is 15.5. The molecular formula is C33H32ClN3O4S. The number of ether oxygens (including phenoxy) is 2. The molecule has 3 fully saturated rings. The largest absolute Gasteiger partial charge is 0.497 e. The van der Waals surface area contributed by atoms with Crippen molar-refractivity contribution in [2.75, 3.05) is 51.3 Å². The molecule has 4 aliphatic rings. The lowest BCUT2D eigenvalue weighted by Crippen LogP contribution is -2.65. The van der Waals surface area contributed by atoms with Gasteiger partial charge in [0, 0.05) is 58.5 Å². The number of fused-ring (bicyclic) bond motifs is 5. The molecule has 4 heterocycles. The maximum absolute atomic E-state index is 15.4. The minimum Gasteiger partial charge on any atom is -0.497 e. The van der Waals surface area contributed by atoms with Gasteiger partial charge >= 0.3 is 0 Å². The van der Waals surface area contributed by atoms with Gasteiger partial charge < -0.3 is 19.7 Å². The van der Waals surface area contributed by atoms with Gasteiger partial charge in [0.1, 0.15) is 17.0 Å². The third-order valence-electron chi connectivity index (χ3n) is 9.45. The fourth-order valence-corrected chi connectivity index (χ4v) is 9.40. The van der Waals surface area contributed by atoms with Crippen LogP contribution in [0.2, 0.25) is 5.02 Å². The highest BCUT2D eigenvalue weighted by Crippen LogP contribution is 2.68. The molecule has 1 N–H and O–H groups in total. The molecule has 42 heavy (non-hydrogen) atoms. The molecule has 4 aliphatic heterocycles. The molecule has 4 atom stereocenters. The molecule has 7 rings (SSSR count). The Balaban J connectivity index is 1.50. The van der Waals surface area contributed by atoms with E-state index in [9.17, 15) is 4.79 Å². The SMILES string of the molecule is COc1ccc(/C=C2\CN(C)C[C@@]3(C2=O)[C@@H](c2ccc(OC)cc2)[C@@H]2CSCN2[C@@]32C(=O)Nc3ccc(Cl)cc32)cc1. The highest BCUT2D eigenvalue weighted by atomic mass is 35.5. The topological polar surface area (TPSA) is 71.1 Å². The van der Waals surface area contributed by atoms with Crippen molar-refractivity contribution in [2.24, 2.45) is 5.41 Å². The smallest absolute Gasteiger partial charge is 0.250 e. The fourth-order valence-electron chi connectivity index (χ4n) is 7.93. The molecule has 7 nitrogen and oxygen atoms in total. The molecule has 9 heteroatoms. The molecule has 0 unspecified atom stereocenters. The summed E-state index contributed by atoms with van der Waals surface area (Å²) in [4.78, 5) is 34.5. The lowest BCUT2D eigenvalue weighted by molar-refractivity contribution is -0.146. The number of amides is 1. The number of carbonyl (C=O) groups excluding carboxylic acids is 2. The van der Waals surface area contributed by atoms with Crippen molar-refractivity contribution in [2.45, 2.75) is 17.5 Å². The van der Waals surface area contributed by atoms with Crippen molar-refractivity contribution in [3.05, 3.63) is 94.0 Å². The van der Waals surface area contributed by atoms with Crippen LogP contribution in [0.1, 0.15) is 22.6 Å².